The molecule has 2 rings (SSSR count). The van der Waals surface area contributed by atoms with Gasteiger partial charge >= 0.3 is 0 Å². The maximum atomic E-state index is 12.9. The van der Waals surface area contributed by atoms with E-state index in [9.17, 15) is 9.18 Å². The first-order chi connectivity index (χ1) is 10.0. The fraction of sp³-hybridized carbons (Fsp3) is 0.200. The number of nitrogens with zero attached hydrogens (tertiary/aromatic N) is 2. The van der Waals surface area contributed by atoms with Gasteiger partial charge < -0.3 is 10.2 Å². The average Bonchev–Trinajstić information content (AvgIpc) is 2.49. The lowest BCUT2D eigenvalue weighted by molar-refractivity contribution is 0.0993. The van der Waals surface area contributed by atoms with Crippen LogP contribution < -0.4 is 10.2 Å². The number of hydrogen-bond donors (Lipinski definition) is 1. The number of halogens is 2. The molecule has 6 heteroatoms. The van der Waals surface area contributed by atoms with Crippen LogP contribution in [0.4, 0.5) is 15.9 Å². The molecule has 1 N–H and O–H groups in total. The number of hydrogen-bond acceptors (Lipinski definition) is 3. The highest BCUT2D eigenvalue weighted by atomic mass is 35.5. The number of nitrogens with one attached hydrogen (secondary N) is 1. The molecule has 0 bridgehead atoms. The van der Waals surface area contributed by atoms with Gasteiger partial charge in [0.2, 0.25) is 0 Å². The van der Waals surface area contributed by atoms with E-state index < -0.39 is 0 Å². The summed E-state index contributed by atoms with van der Waals surface area (Å²) in [5.74, 6) is -0.0538. The van der Waals surface area contributed by atoms with E-state index in [0.717, 1.165) is 0 Å². The summed E-state index contributed by atoms with van der Waals surface area (Å²) in [4.78, 5) is 18.0. The predicted molar refractivity (Wildman–Crippen MR) is 82.5 cm³/mol. The zero-order chi connectivity index (χ0) is 15.4. The smallest absolute Gasteiger partial charge is 0.259 e. The topological polar surface area (TPSA) is 45.2 Å². The van der Waals surface area contributed by atoms with E-state index in [0.29, 0.717) is 23.6 Å². The summed E-state index contributed by atoms with van der Waals surface area (Å²) in [6, 6.07) is 7.28. The Kier molecular flexibility index (Phi) is 4.75. The summed E-state index contributed by atoms with van der Waals surface area (Å²) in [5, 5.41) is 3.30. The number of aromatic nitrogens is 1. The predicted octanol–water partition coefficient (Wildman–Crippen LogP) is 3.58. The minimum absolute atomic E-state index is 0.274. The third kappa shape index (κ3) is 3.49. The van der Waals surface area contributed by atoms with Gasteiger partial charge in [-0.05, 0) is 37.3 Å². The third-order valence-electron chi connectivity index (χ3n) is 2.96. The number of carbonyl (C=O) groups is 1. The molecule has 0 aliphatic carbocycles. The van der Waals surface area contributed by atoms with Gasteiger partial charge in [-0.3, -0.25) is 4.79 Å². The Bertz CT molecular complexity index is 646. The van der Waals surface area contributed by atoms with Gasteiger partial charge in [-0.2, -0.15) is 0 Å². The molecule has 0 aliphatic heterocycles. The molecule has 0 spiro atoms. The molecule has 1 heterocycles. The van der Waals surface area contributed by atoms with E-state index in [2.05, 4.69) is 10.3 Å². The first kappa shape index (κ1) is 15.3. The van der Waals surface area contributed by atoms with Crippen LogP contribution >= 0.6 is 11.6 Å². The lowest BCUT2D eigenvalue weighted by Crippen LogP contribution is -2.26. The first-order valence-corrected chi connectivity index (χ1v) is 6.83. The zero-order valence-electron chi connectivity index (χ0n) is 11.7. The molecule has 0 saturated heterocycles. The maximum absolute atomic E-state index is 12.9. The Morgan fingerprint density at radius 2 is 2.05 bits per heavy atom. The van der Waals surface area contributed by atoms with Gasteiger partial charge in [-0.1, -0.05) is 11.6 Å². The van der Waals surface area contributed by atoms with E-state index in [-0.39, 0.29) is 16.7 Å². The molecule has 0 unspecified atom stereocenters. The number of pyridine rings is 1. The number of carbonyl (C=O) groups excluding carboxylic acids is 1. The average molecular weight is 308 g/mol. The molecule has 2 aromatic rings. The largest absolute Gasteiger partial charge is 0.370 e. The van der Waals surface area contributed by atoms with Crippen molar-refractivity contribution in [2.24, 2.45) is 0 Å². The molecule has 0 fully saturated rings. The Morgan fingerprint density at radius 3 is 2.67 bits per heavy atom. The van der Waals surface area contributed by atoms with Gasteiger partial charge in [-0.15, -0.1) is 0 Å². The fourth-order valence-electron chi connectivity index (χ4n) is 1.84. The van der Waals surface area contributed by atoms with Gasteiger partial charge in [0, 0.05) is 25.5 Å². The number of rotatable bonds is 4. The van der Waals surface area contributed by atoms with Crippen molar-refractivity contribution in [1.82, 2.24) is 4.98 Å². The Morgan fingerprint density at radius 1 is 1.38 bits per heavy atom. The summed E-state index contributed by atoms with van der Waals surface area (Å²) >= 11 is 6.05. The first-order valence-electron chi connectivity index (χ1n) is 6.46. The van der Waals surface area contributed by atoms with E-state index >= 15 is 0 Å². The van der Waals surface area contributed by atoms with E-state index in [1.807, 2.05) is 6.92 Å². The van der Waals surface area contributed by atoms with Crippen molar-refractivity contribution >= 4 is 29.0 Å². The van der Waals surface area contributed by atoms with Crippen molar-refractivity contribution in [3.63, 3.8) is 0 Å². The molecule has 1 amide bonds. The molecule has 0 saturated carbocycles. The summed E-state index contributed by atoms with van der Waals surface area (Å²) < 4.78 is 12.9. The summed E-state index contributed by atoms with van der Waals surface area (Å²) in [7, 11) is 1.61. The van der Waals surface area contributed by atoms with Crippen molar-refractivity contribution in [1.29, 1.82) is 0 Å². The second kappa shape index (κ2) is 6.54. The number of benzene rings is 1. The van der Waals surface area contributed by atoms with Gasteiger partial charge in [-0.25, -0.2) is 9.37 Å². The second-order valence-electron chi connectivity index (χ2n) is 4.42. The van der Waals surface area contributed by atoms with Gasteiger partial charge in [0.1, 0.15) is 11.6 Å². The molecule has 1 aromatic heterocycles. The van der Waals surface area contributed by atoms with Crippen molar-refractivity contribution in [3.8, 4) is 0 Å². The summed E-state index contributed by atoms with van der Waals surface area (Å²) in [6.45, 7) is 2.62. The standard InChI is InChI=1S/C15H15ClFN3O/c1-3-18-14-8-12(13(16)9-19-14)15(21)20(2)11-6-4-10(17)5-7-11/h4-9H,3H2,1-2H3,(H,18,19). The summed E-state index contributed by atoms with van der Waals surface area (Å²) in [6.07, 6.45) is 1.44. The molecule has 21 heavy (non-hydrogen) atoms. The lowest BCUT2D eigenvalue weighted by Gasteiger charge is -2.18. The van der Waals surface area contributed by atoms with E-state index in [1.165, 1.54) is 35.4 Å². The second-order valence-corrected chi connectivity index (χ2v) is 4.83. The molecule has 1 aromatic carbocycles. The SMILES string of the molecule is CCNc1cc(C(=O)N(C)c2ccc(F)cc2)c(Cl)cn1. The van der Waals surface area contributed by atoms with Crippen LogP contribution in [0.1, 0.15) is 17.3 Å². The van der Waals surface area contributed by atoms with Crippen molar-refractivity contribution < 1.29 is 9.18 Å². The Balaban J connectivity index is 2.30. The quantitative estimate of drug-likeness (QED) is 0.939. The normalized spacial score (nSPS) is 10.3. The van der Waals surface area contributed by atoms with Crippen LogP contribution in [0.25, 0.3) is 0 Å². The zero-order valence-corrected chi connectivity index (χ0v) is 12.5. The maximum Gasteiger partial charge on any atom is 0.259 e. The highest BCUT2D eigenvalue weighted by Gasteiger charge is 2.17. The minimum Gasteiger partial charge on any atom is -0.370 e. The van der Waals surface area contributed by atoms with Crippen LogP contribution in [-0.2, 0) is 0 Å². The van der Waals surface area contributed by atoms with Crippen LogP contribution in [0.15, 0.2) is 36.5 Å². The molecule has 110 valence electrons. The van der Waals surface area contributed by atoms with Crippen molar-refractivity contribution in [2.75, 3.05) is 23.8 Å². The molecule has 0 radical (unpaired) electrons. The monoisotopic (exact) mass is 307 g/mol. The molecular formula is C15H15ClFN3O. The number of amides is 1. The Hall–Kier alpha value is -2.14. The highest BCUT2D eigenvalue weighted by Crippen LogP contribution is 2.22. The molecule has 0 aliphatic rings. The third-order valence-corrected chi connectivity index (χ3v) is 3.26. The molecular weight excluding hydrogens is 293 g/mol. The molecule has 0 atom stereocenters. The van der Waals surface area contributed by atoms with Crippen molar-refractivity contribution in [3.05, 3.63) is 52.9 Å². The van der Waals surface area contributed by atoms with Crippen LogP contribution in [0.5, 0.6) is 0 Å². The van der Waals surface area contributed by atoms with E-state index in [1.54, 1.807) is 13.1 Å². The fourth-order valence-corrected chi connectivity index (χ4v) is 2.03. The van der Waals surface area contributed by atoms with Gasteiger partial charge in [0.15, 0.2) is 0 Å². The highest BCUT2D eigenvalue weighted by molar-refractivity contribution is 6.34. The number of anilines is 2. The van der Waals surface area contributed by atoms with Gasteiger partial charge in [0.05, 0.1) is 10.6 Å². The lowest BCUT2D eigenvalue weighted by atomic mass is 10.2. The van der Waals surface area contributed by atoms with Gasteiger partial charge in [0.25, 0.3) is 5.91 Å². The Labute approximate surface area is 127 Å². The summed E-state index contributed by atoms with van der Waals surface area (Å²) in [5.41, 5.74) is 0.925. The van der Waals surface area contributed by atoms with Crippen LogP contribution in [-0.4, -0.2) is 24.5 Å². The van der Waals surface area contributed by atoms with E-state index in [4.69, 9.17) is 11.6 Å². The van der Waals surface area contributed by atoms with Crippen LogP contribution in [0, 0.1) is 5.82 Å². The van der Waals surface area contributed by atoms with Crippen LogP contribution in [0.3, 0.4) is 0 Å². The van der Waals surface area contributed by atoms with Crippen LogP contribution in [0.2, 0.25) is 5.02 Å². The minimum atomic E-state index is -0.351. The van der Waals surface area contributed by atoms with Crippen molar-refractivity contribution in [2.45, 2.75) is 6.92 Å². The molecule has 4 nitrogen and oxygen atoms in total.